The molecule has 34 heavy (non-hydrogen) atoms. The molecule has 0 bridgehead atoms. The molecule has 1 N–H and O–H groups in total. The van der Waals surface area contributed by atoms with E-state index in [1.54, 1.807) is 25.3 Å². The molecule has 5 rings (SSSR count). The number of aromatic nitrogens is 6. The van der Waals surface area contributed by atoms with Crippen LogP contribution in [0.3, 0.4) is 0 Å². The van der Waals surface area contributed by atoms with Gasteiger partial charge in [0.1, 0.15) is 12.1 Å². The van der Waals surface area contributed by atoms with E-state index in [9.17, 15) is 4.79 Å². The molecule has 3 heterocycles. The molecule has 0 radical (unpaired) electrons. The Bertz CT molecular complexity index is 1450. The number of carbonyl (C=O) groups excluding carboxylic acids is 1. The van der Waals surface area contributed by atoms with Gasteiger partial charge in [0.25, 0.3) is 5.91 Å². The second-order valence-electron chi connectivity index (χ2n) is 7.61. The van der Waals surface area contributed by atoms with E-state index in [0.29, 0.717) is 16.4 Å². The van der Waals surface area contributed by atoms with Crippen molar-refractivity contribution in [2.45, 2.75) is 13.8 Å². The third kappa shape index (κ3) is 4.06. The predicted molar refractivity (Wildman–Crippen MR) is 130 cm³/mol. The number of carbonyl (C=O) groups is 1. The molecule has 1 amide bonds. The highest BCUT2D eigenvalue weighted by molar-refractivity contribution is 7.14. The molecule has 0 saturated carbocycles. The first kappa shape index (κ1) is 21.5. The average molecular weight is 472 g/mol. The van der Waals surface area contributed by atoms with Gasteiger partial charge in [-0.25, -0.2) is 9.67 Å². The van der Waals surface area contributed by atoms with Gasteiger partial charge >= 0.3 is 0 Å². The first-order chi connectivity index (χ1) is 16.5. The van der Waals surface area contributed by atoms with Crippen molar-refractivity contribution in [1.82, 2.24) is 29.8 Å². The quantitative estimate of drug-likeness (QED) is 0.393. The summed E-state index contributed by atoms with van der Waals surface area (Å²) in [5, 5.41) is 16.5. The minimum atomic E-state index is -0.250. The zero-order valence-electron chi connectivity index (χ0n) is 18.8. The molecular weight excluding hydrogens is 450 g/mol. The number of nitrogens with zero attached hydrogens (tertiary/aromatic N) is 6. The Morgan fingerprint density at radius 1 is 1.06 bits per heavy atom. The lowest BCUT2D eigenvalue weighted by Gasteiger charge is -2.10. The van der Waals surface area contributed by atoms with Crippen LogP contribution in [0.2, 0.25) is 0 Å². The molecule has 0 aliphatic rings. The molecule has 0 spiro atoms. The van der Waals surface area contributed by atoms with E-state index in [1.165, 1.54) is 22.3 Å². The van der Waals surface area contributed by atoms with Crippen LogP contribution in [0.15, 0.2) is 66.3 Å². The Labute approximate surface area is 199 Å². The number of nitrogens with one attached hydrogen (secondary N) is 1. The maximum atomic E-state index is 12.8. The van der Waals surface area contributed by atoms with Crippen LogP contribution in [-0.4, -0.2) is 42.8 Å². The molecule has 0 atom stereocenters. The number of hydrogen-bond donors (Lipinski definition) is 1. The lowest BCUT2D eigenvalue weighted by Crippen LogP contribution is -2.12. The second kappa shape index (κ2) is 8.91. The van der Waals surface area contributed by atoms with Gasteiger partial charge in [-0.3, -0.25) is 10.1 Å². The highest BCUT2D eigenvalue weighted by Crippen LogP contribution is 2.32. The topological polar surface area (TPSA) is 99.8 Å². The van der Waals surface area contributed by atoms with Gasteiger partial charge in [-0.15, -0.1) is 16.4 Å². The van der Waals surface area contributed by atoms with Gasteiger partial charge in [0.05, 0.1) is 18.5 Å². The molecule has 0 aliphatic heterocycles. The number of ether oxygens (including phenoxy) is 1. The van der Waals surface area contributed by atoms with Gasteiger partial charge in [0.2, 0.25) is 0 Å². The van der Waals surface area contributed by atoms with Crippen LogP contribution in [0.5, 0.6) is 5.75 Å². The molecule has 10 heteroatoms. The fourth-order valence-corrected chi connectivity index (χ4v) is 4.55. The van der Waals surface area contributed by atoms with E-state index in [1.807, 2.05) is 35.7 Å². The van der Waals surface area contributed by atoms with Crippen LogP contribution >= 0.6 is 11.3 Å². The van der Waals surface area contributed by atoms with Gasteiger partial charge in [-0.1, -0.05) is 6.07 Å². The third-order valence-electron chi connectivity index (χ3n) is 5.48. The molecule has 170 valence electrons. The lowest BCUT2D eigenvalue weighted by atomic mass is 10.2. The van der Waals surface area contributed by atoms with Crippen LogP contribution in [0.1, 0.15) is 21.7 Å². The average Bonchev–Trinajstić information content (AvgIpc) is 3.61. The van der Waals surface area contributed by atoms with E-state index in [-0.39, 0.29) is 5.91 Å². The molecule has 0 unspecified atom stereocenters. The molecule has 0 saturated heterocycles. The molecule has 3 aromatic heterocycles. The van der Waals surface area contributed by atoms with Gasteiger partial charge in [0.15, 0.2) is 5.13 Å². The molecular formula is C24H21N7O2S. The smallest absolute Gasteiger partial charge is 0.257 e. The number of thiazole rings is 1. The minimum absolute atomic E-state index is 0.250. The van der Waals surface area contributed by atoms with Crippen LogP contribution in [0.25, 0.3) is 22.6 Å². The van der Waals surface area contributed by atoms with Crippen molar-refractivity contribution in [3.63, 3.8) is 0 Å². The molecule has 9 nitrogen and oxygen atoms in total. The van der Waals surface area contributed by atoms with E-state index in [0.717, 1.165) is 34.1 Å². The first-order valence-corrected chi connectivity index (χ1v) is 11.4. The summed E-state index contributed by atoms with van der Waals surface area (Å²) in [4.78, 5) is 17.5. The number of methoxy groups -OCH3 is 1. The maximum Gasteiger partial charge on any atom is 0.257 e. The Kier molecular flexibility index (Phi) is 5.64. The van der Waals surface area contributed by atoms with Crippen molar-refractivity contribution < 1.29 is 9.53 Å². The minimum Gasteiger partial charge on any atom is -0.497 e. The number of tetrazole rings is 1. The highest BCUT2D eigenvalue weighted by Gasteiger charge is 2.16. The third-order valence-corrected chi connectivity index (χ3v) is 6.24. The zero-order chi connectivity index (χ0) is 23.7. The van der Waals surface area contributed by atoms with Crippen molar-refractivity contribution in [3.05, 3.63) is 83.3 Å². The molecule has 0 fully saturated rings. The number of rotatable bonds is 6. The summed E-state index contributed by atoms with van der Waals surface area (Å²) in [6.07, 6.45) is 1.48. The summed E-state index contributed by atoms with van der Waals surface area (Å²) >= 11 is 1.39. The van der Waals surface area contributed by atoms with E-state index >= 15 is 0 Å². The number of aryl methyl sites for hydroxylation is 1. The standard InChI is InChI=1S/C24H21N7O2S/c1-15-11-21(16(2)31(15)18-7-9-20(33-3)10-8-18)22-13-34-24(26-22)27-23(32)17-5-4-6-19(12-17)30-14-25-28-29-30/h4-14H,1-3H3,(H,26,27,32). The Hall–Kier alpha value is -4.31. The first-order valence-electron chi connectivity index (χ1n) is 10.5. The summed E-state index contributed by atoms with van der Waals surface area (Å²) < 4.78 is 8.94. The summed E-state index contributed by atoms with van der Waals surface area (Å²) in [5.74, 6) is 0.564. The molecule has 0 aliphatic carbocycles. The summed E-state index contributed by atoms with van der Waals surface area (Å²) in [7, 11) is 1.66. The van der Waals surface area contributed by atoms with E-state index in [4.69, 9.17) is 4.74 Å². The lowest BCUT2D eigenvalue weighted by molar-refractivity contribution is 0.102. The van der Waals surface area contributed by atoms with Crippen molar-refractivity contribution in [2.75, 3.05) is 12.4 Å². The van der Waals surface area contributed by atoms with Gasteiger partial charge in [-0.2, -0.15) is 0 Å². The van der Waals surface area contributed by atoms with Crippen LogP contribution < -0.4 is 10.1 Å². The number of hydrogen-bond acceptors (Lipinski definition) is 7. The fraction of sp³-hybridized carbons (Fsp3) is 0.125. The molecule has 2 aromatic carbocycles. The number of anilines is 1. The van der Waals surface area contributed by atoms with E-state index in [2.05, 4.69) is 50.3 Å². The van der Waals surface area contributed by atoms with E-state index < -0.39 is 0 Å². The Balaban J connectivity index is 1.37. The zero-order valence-corrected chi connectivity index (χ0v) is 19.6. The number of benzene rings is 2. The highest BCUT2D eigenvalue weighted by atomic mass is 32.1. The van der Waals surface area contributed by atoms with Crippen molar-refractivity contribution >= 4 is 22.4 Å². The van der Waals surface area contributed by atoms with Gasteiger partial charge in [0, 0.05) is 33.6 Å². The normalized spacial score (nSPS) is 10.9. The maximum absolute atomic E-state index is 12.8. The Morgan fingerprint density at radius 3 is 2.62 bits per heavy atom. The van der Waals surface area contributed by atoms with Gasteiger partial charge in [-0.05, 0) is 72.8 Å². The number of amides is 1. The predicted octanol–water partition coefficient (Wildman–Crippen LogP) is 4.45. The van der Waals surface area contributed by atoms with Crippen LogP contribution in [-0.2, 0) is 0 Å². The second-order valence-corrected chi connectivity index (χ2v) is 8.47. The monoisotopic (exact) mass is 471 g/mol. The Morgan fingerprint density at radius 2 is 1.88 bits per heavy atom. The van der Waals surface area contributed by atoms with Crippen molar-refractivity contribution in [3.8, 4) is 28.4 Å². The summed E-state index contributed by atoms with van der Waals surface area (Å²) in [6, 6.07) is 17.1. The van der Waals surface area contributed by atoms with Crippen LogP contribution in [0, 0.1) is 13.8 Å². The largest absolute Gasteiger partial charge is 0.497 e. The fourth-order valence-electron chi connectivity index (χ4n) is 3.84. The summed E-state index contributed by atoms with van der Waals surface area (Å²) in [6.45, 7) is 4.13. The van der Waals surface area contributed by atoms with Crippen molar-refractivity contribution in [1.29, 1.82) is 0 Å². The van der Waals surface area contributed by atoms with Crippen LogP contribution in [0.4, 0.5) is 5.13 Å². The van der Waals surface area contributed by atoms with Gasteiger partial charge < -0.3 is 9.30 Å². The molecule has 5 aromatic rings. The SMILES string of the molecule is COc1ccc(-n2c(C)cc(-c3csc(NC(=O)c4cccc(-n5cnnn5)c4)n3)c2C)cc1. The van der Waals surface area contributed by atoms with Crippen molar-refractivity contribution in [2.24, 2.45) is 0 Å². The summed E-state index contributed by atoms with van der Waals surface area (Å²) in [5.41, 5.74) is 6.23.